The number of carbonyl (C=O) groups is 4. The average Bonchev–Trinajstić information content (AvgIpc) is 4.61. The number of carboxylic acids is 1. The van der Waals surface area contributed by atoms with E-state index in [0.717, 1.165) is 40.7 Å². The van der Waals surface area contributed by atoms with Crippen molar-refractivity contribution in [2.24, 2.45) is 21.7 Å². The Morgan fingerprint density at radius 2 is 0.924 bits per heavy atom. The predicted molar refractivity (Wildman–Crippen MR) is 303 cm³/mol. The lowest BCUT2D eigenvalue weighted by Crippen LogP contribution is -2.31. The zero-order chi connectivity index (χ0) is 57.1. The van der Waals surface area contributed by atoms with Crippen LogP contribution in [0.4, 0.5) is 0 Å². The van der Waals surface area contributed by atoms with Crippen molar-refractivity contribution in [3.63, 3.8) is 0 Å². The molecule has 1 aliphatic heterocycles. The van der Waals surface area contributed by atoms with Gasteiger partial charge in [-0.3, -0.25) is 19.2 Å². The molecule has 1 saturated heterocycles. The highest BCUT2D eigenvalue weighted by Gasteiger charge is 2.75. The first-order valence-corrected chi connectivity index (χ1v) is 28.1. The first-order valence-electron chi connectivity index (χ1n) is 27.0. The number of carbonyl (C=O) groups excluding carboxylic acids is 3. The summed E-state index contributed by atoms with van der Waals surface area (Å²) in [6.07, 6.45) is 6.41. The van der Waals surface area contributed by atoms with Gasteiger partial charge in [-0.05, 0) is 117 Å². The van der Waals surface area contributed by atoms with E-state index in [2.05, 4.69) is 60.1 Å². The maximum Gasteiger partial charge on any atom is 0.312 e. The molecule has 416 valence electrons. The molecular formula is C64H73BrN4O10. The molecule has 6 aromatic rings. The quantitative estimate of drug-likeness (QED) is 0.0548. The highest BCUT2D eigenvalue weighted by molar-refractivity contribution is 9.09. The fraction of sp³-hybridized carbons (Fsp3) is 0.438. The monoisotopic (exact) mass is 1140 g/mol. The molecule has 1 N–H and O–H groups in total. The zero-order valence-electron chi connectivity index (χ0n) is 47.1. The number of hydrogen-bond acceptors (Lipinski definition) is 13. The van der Waals surface area contributed by atoms with E-state index in [1.165, 1.54) is 11.1 Å². The number of halogens is 1. The first-order chi connectivity index (χ1) is 37.6. The number of alkyl halides is 1. The summed E-state index contributed by atoms with van der Waals surface area (Å²) in [7, 11) is 0. The van der Waals surface area contributed by atoms with Gasteiger partial charge in [0.25, 0.3) is 0 Å². The van der Waals surface area contributed by atoms with Crippen LogP contribution in [0.15, 0.2) is 134 Å². The normalized spacial score (nSPS) is 28.9. The summed E-state index contributed by atoms with van der Waals surface area (Å²) in [5, 5.41) is 10.4. The van der Waals surface area contributed by atoms with Crippen molar-refractivity contribution < 1.29 is 48.0 Å². The number of aliphatic carboxylic acids is 1. The summed E-state index contributed by atoms with van der Waals surface area (Å²) in [5.41, 5.74) is 3.08. The van der Waals surface area contributed by atoms with Crippen molar-refractivity contribution in [1.82, 2.24) is 19.9 Å². The molecule has 15 heteroatoms. The zero-order valence-corrected chi connectivity index (χ0v) is 48.6. The number of carboxylic acid groups (broad SMARTS) is 1. The molecule has 0 unspecified atom stereocenters. The van der Waals surface area contributed by atoms with E-state index in [1.807, 2.05) is 159 Å². The van der Waals surface area contributed by atoms with E-state index in [9.17, 15) is 24.3 Å². The minimum Gasteiger partial charge on any atom is -0.489 e. The fourth-order valence-electron chi connectivity index (χ4n) is 11.9. The van der Waals surface area contributed by atoms with Crippen LogP contribution in [-0.2, 0) is 55.0 Å². The van der Waals surface area contributed by atoms with Crippen molar-refractivity contribution in [3.05, 3.63) is 179 Å². The number of aryl methyl sites for hydroxylation is 4. The van der Waals surface area contributed by atoms with Gasteiger partial charge in [0.2, 0.25) is 0 Å². The van der Waals surface area contributed by atoms with Crippen LogP contribution in [0.3, 0.4) is 0 Å². The van der Waals surface area contributed by atoms with Crippen LogP contribution in [0.1, 0.15) is 113 Å². The maximum absolute atomic E-state index is 12.5. The van der Waals surface area contributed by atoms with Crippen molar-refractivity contribution in [2.45, 2.75) is 117 Å². The molecule has 0 spiro atoms. The lowest BCUT2D eigenvalue weighted by atomic mass is 9.87. The summed E-state index contributed by atoms with van der Waals surface area (Å²) in [6, 6.07) is 40.2. The third kappa shape index (κ3) is 10.7. The highest BCUT2D eigenvalue weighted by atomic mass is 79.9. The Balaban J connectivity index is 0.000000142. The standard InChI is InChI=1S/C20H24N2O3.C18H20N2O3.C14H17BrO2.C12H12O2/c1-5-24-18(23)19(4)12-20(19,16-9-7-6-8-10-16)13-25-17-11-21-15(3)22-14(17)2;1-12-15(9-19-13(2)20-12)23-11-18(10-17(18,3)16(21)22)14-7-5-4-6-8-14;1-3-17-12(16)13(2)9-14(13,10-15)11-7-5-4-6-8-11;1-11-7-12(11,8-14-10(11)13)9-5-3-2-4-6-9/h6-11H,5,12-13H2,1-4H3;4-9H,10-11H2,1-3H3,(H,21,22);4-8H,3,9-10H2,1-2H3;2-6H,7-8H2,1H3/t19-,20+;17-,18+;13-,14+;11-,12+/m0000/s1. The van der Waals surface area contributed by atoms with Gasteiger partial charge in [-0.15, -0.1) is 0 Å². The smallest absolute Gasteiger partial charge is 0.312 e. The van der Waals surface area contributed by atoms with E-state index in [-0.39, 0.29) is 39.6 Å². The average molecular weight is 1140 g/mol. The highest BCUT2D eigenvalue weighted by Crippen LogP contribution is 2.69. The number of ether oxygens (including phenoxy) is 5. The summed E-state index contributed by atoms with van der Waals surface area (Å²) in [6.45, 7) is 20.9. The molecule has 2 aromatic heterocycles. The van der Waals surface area contributed by atoms with Gasteiger partial charge in [-0.1, -0.05) is 137 Å². The van der Waals surface area contributed by atoms with E-state index >= 15 is 0 Å². The Kier molecular flexibility index (Phi) is 16.7. The molecule has 3 heterocycles. The Labute approximate surface area is 472 Å². The van der Waals surface area contributed by atoms with Crippen LogP contribution < -0.4 is 9.47 Å². The SMILES string of the molecule is CCOC(=O)[C@]1(C)C[C@@]1(CBr)c1ccccc1.CCOC(=O)[C@]1(C)C[C@@]1(COc1cnc(C)nc1C)c1ccccc1.C[C@@]12C[C@]1(c1ccccc1)COC2=O.Cc1ncc(OC[C@@]2(c3ccccc3)C[C@@]2(C)C(=O)O)c(C)n1. The first kappa shape index (κ1) is 58.2. The van der Waals surface area contributed by atoms with Crippen molar-refractivity contribution in [1.29, 1.82) is 0 Å². The Hall–Kier alpha value is -7.00. The molecule has 14 nitrogen and oxygen atoms in total. The predicted octanol–water partition coefficient (Wildman–Crippen LogP) is 11.5. The molecular weight excluding hydrogens is 1060 g/mol. The Morgan fingerprint density at radius 3 is 1.27 bits per heavy atom. The number of esters is 3. The lowest BCUT2D eigenvalue weighted by Gasteiger charge is -2.23. The van der Waals surface area contributed by atoms with E-state index in [0.29, 0.717) is 69.0 Å². The summed E-state index contributed by atoms with van der Waals surface area (Å²) >= 11 is 3.56. The van der Waals surface area contributed by atoms with E-state index in [1.54, 1.807) is 19.3 Å². The second kappa shape index (κ2) is 22.6. The van der Waals surface area contributed by atoms with Gasteiger partial charge >= 0.3 is 23.9 Å². The molecule has 0 bridgehead atoms. The van der Waals surface area contributed by atoms with Crippen LogP contribution >= 0.6 is 15.9 Å². The van der Waals surface area contributed by atoms with Gasteiger partial charge in [0.1, 0.15) is 18.3 Å². The van der Waals surface area contributed by atoms with E-state index in [4.69, 9.17) is 23.7 Å². The minimum atomic E-state index is -0.812. The number of aromatic nitrogens is 4. The molecule has 4 saturated carbocycles. The number of fused-ring (bicyclic) bond motifs is 1. The van der Waals surface area contributed by atoms with Crippen LogP contribution in [0.5, 0.6) is 11.5 Å². The Bertz CT molecular complexity index is 3170. The summed E-state index contributed by atoms with van der Waals surface area (Å²) < 4.78 is 27.6. The van der Waals surface area contributed by atoms with Crippen LogP contribution in [0.2, 0.25) is 0 Å². The number of benzene rings is 4. The van der Waals surface area contributed by atoms with Crippen molar-refractivity contribution >= 4 is 39.8 Å². The van der Waals surface area contributed by atoms with Gasteiger partial charge in [-0.25, -0.2) is 19.9 Å². The lowest BCUT2D eigenvalue weighted by molar-refractivity contribution is -0.150. The Morgan fingerprint density at radius 1 is 0.557 bits per heavy atom. The number of hydrogen-bond donors (Lipinski definition) is 1. The molecule has 5 fully saturated rings. The van der Waals surface area contributed by atoms with Crippen molar-refractivity contribution in [3.8, 4) is 11.5 Å². The number of nitrogens with zero attached hydrogens (tertiary/aromatic N) is 4. The molecule has 5 aliphatic rings. The largest absolute Gasteiger partial charge is 0.489 e. The molecule has 0 amide bonds. The third-order valence-corrected chi connectivity index (χ3v) is 18.7. The second-order valence-corrected chi connectivity index (χ2v) is 23.2. The number of cyclic esters (lactones) is 1. The molecule has 0 radical (unpaired) electrons. The fourth-order valence-corrected chi connectivity index (χ4v) is 13.1. The third-order valence-electron chi connectivity index (χ3n) is 17.8. The molecule has 8 atom stereocenters. The molecule has 11 rings (SSSR count). The second-order valence-electron chi connectivity index (χ2n) is 22.6. The topological polar surface area (TPSA) is 186 Å². The van der Waals surface area contributed by atoms with Gasteiger partial charge in [0, 0.05) is 27.0 Å². The van der Waals surface area contributed by atoms with Crippen LogP contribution in [0, 0.1) is 49.4 Å². The van der Waals surface area contributed by atoms with E-state index < -0.39 is 27.6 Å². The molecule has 4 aliphatic carbocycles. The minimum absolute atomic E-state index is 0.00859. The van der Waals surface area contributed by atoms with Gasteiger partial charge in [0.05, 0.1) is 71.9 Å². The van der Waals surface area contributed by atoms with Gasteiger partial charge < -0.3 is 28.8 Å². The van der Waals surface area contributed by atoms with Crippen molar-refractivity contribution in [2.75, 3.05) is 38.4 Å². The van der Waals surface area contributed by atoms with Crippen LogP contribution in [-0.4, -0.2) is 87.3 Å². The van der Waals surface area contributed by atoms with Crippen LogP contribution in [0.25, 0.3) is 0 Å². The van der Waals surface area contributed by atoms with Gasteiger partial charge in [-0.2, -0.15) is 0 Å². The number of rotatable bonds is 16. The van der Waals surface area contributed by atoms with Gasteiger partial charge in [0.15, 0.2) is 11.5 Å². The molecule has 4 aromatic carbocycles. The summed E-state index contributed by atoms with van der Waals surface area (Å²) in [4.78, 5) is 64.8. The maximum atomic E-state index is 12.5. The molecule has 79 heavy (non-hydrogen) atoms. The summed E-state index contributed by atoms with van der Waals surface area (Å²) in [5.74, 6) is 1.59.